The summed E-state index contributed by atoms with van der Waals surface area (Å²) in [6, 6.07) is 0. The van der Waals surface area contributed by atoms with E-state index in [1.807, 2.05) is 0 Å². The number of hydrogen-bond acceptors (Lipinski definition) is 2. The molecular formula is C8H17NO. The summed E-state index contributed by atoms with van der Waals surface area (Å²) in [5, 5.41) is 0. The summed E-state index contributed by atoms with van der Waals surface area (Å²) in [4.78, 5) is 0. The van der Waals surface area contributed by atoms with Crippen molar-refractivity contribution in [2.45, 2.75) is 32.3 Å². The zero-order valence-corrected chi connectivity index (χ0v) is 6.68. The third-order valence-corrected chi connectivity index (χ3v) is 1.43. The van der Waals surface area contributed by atoms with Crippen LogP contribution in [-0.4, -0.2) is 12.6 Å². The van der Waals surface area contributed by atoms with Crippen LogP contribution in [0.3, 0.4) is 0 Å². The molecule has 0 aliphatic rings. The van der Waals surface area contributed by atoms with E-state index in [-0.39, 0.29) is 6.10 Å². The highest BCUT2D eigenvalue weighted by atomic mass is 16.5. The van der Waals surface area contributed by atoms with E-state index in [0.717, 1.165) is 6.42 Å². The van der Waals surface area contributed by atoms with Gasteiger partial charge in [0.05, 0.1) is 6.26 Å². The molecule has 1 unspecified atom stereocenters. The molecule has 0 aromatic carbocycles. The Morgan fingerprint density at radius 1 is 1.70 bits per heavy atom. The van der Waals surface area contributed by atoms with Gasteiger partial charge >= 0.3 is 0 Å². The fourth-order valence-electron chi connectivity index (χ4n) is 0.809. The molecule has 0 saturated carbocycles. The highest BCUT2D eigenvalue weighted by molar-refractivity contribution is 4.62. The molecule has 0 rings (SSSR count). The van der Waals surface area contributed by atoms with Gasteiger partial charge in [-0.2, -0.15) is 0 Å². The summed E-state index contributed by atoms with van der Waals surface area (Å²) in [6.45, 7) is 6.22. The van der Waals surface area contributed by atoms with Crippen LogP contribution in [-0.2, 0) is 4.74 Å². The molecule has 2 heteroatoms. The first-order valence-corrected chi connectivity index (χ1v) is 3.81. The van der Waals surface area contributed by atoms with Crippen molar-refractivity contribution in [1.82, 2.24) is 0 Å². The molecule has 0 aliphatic heterocycles. The van der Waals surface area contributed by atoms with Crippen molar-refractivity contribution in [2.75, 3.05) is 6.54 Å². The second kappa shape index (κ2) is 6.62. The van der Waals surface area contributed by atoms with E-state index in [4.69, 9.17) is 10.5 Å². The van der Waals surface area contributed by atoms with Crippen molar-refractivity contribution in [1.29, 1.82) is 0 Å². The van der Waals surface area contributed by atoms with Crippen molar-refractivity contribution in [3.8, 4) is 0 Å². The largest absolute Gasteiger partial charge is 0.497 e. The standard InChI is InChI=1S/C8H17NO/c1-3-5-6-8(7-9)10-4-2/h4,8H,2-3,5-7,9H2,1H3. The Labute approximate surface area is 63.1 Å². The molecule has 10 heavy (non-hydrogen) atoms. The van der Waals surface area contributed by atoms with Crippen LogP contribution in [0.1, 0.15) is 26.2 Å². The number of hydrogen-bond donors (Lipinski definition) is 1. The second-order valence-corrected chi connectivity index (χ2v) is 2.30. The SMILES string of the molecule is C=COC(CN)CCCC. The molecule has 2 nitrogen and oxygen atoms in total. The summed E-state index contributed by atoms with van der Waals surface area (Å²) in [7, 11) is 0. The van der Waals surface area contributed by atoms with Gasteiger partial charge in [-0.15, -0.1) is 0 Å². The minimum Gasteiger partial charge on any atom is -0.497 e. The van der Waals surface area contributed by atoms with Gasteiger partial charge in [0.25, 0.3) is 0 Å². The van der Waals surface area contributed by atoms with Crippen molar-refractivity contribution < 1.29 is 4.74 Å². The van der Waals surface area contributed by atoms with Crippen molar-refractivity contribution in [3.05, 3.63) is 12.8 Å². The molecular weight excluding hydrogens is 126 g/mol. The van der Waals surface area contributed by atoms with Crippen LogP contribution in [0.15, 0.2) is 12.8 Å². The van der Waals surface area contributed by atoms with Crippen molar-refractivity contribution in [3.63, 3.8) is 0 Å². The minimum atomic E-state index is 0.178. The lowest BCUT2D eigenvalue weighted by molar-refractivity contribution is 0.141. The van der Waals surface area contributed by atoms with Crippen LogP contribution in [0.25, 0.3) is 0 Å². The summed E-state index contributed by atoms with van der Waals surface area (Å²) in [5.41, 5.74) is 5.43. The Bertz CT molecular complexity index is 83.3. The van der Waals surface area contributed by atoms with Gasteiger partial charge in [0.1, 0.15) is 6.10 Å². The Morgan fingerprint density at radius 3 is 2.80 bits per heavy atom. The third kappa shape index (κ3) is 4.39. The van der Waals surface area contributed by atoms with Crippen LogP contribution < -0.4 is 5.73 Å². The fraction of sp³-hybridized carbons (Fsp3) is 0.750. The maximum absolute atomic E-state index is 5.43. The Morgan fingerprint density at radius 2 is 2.40 bits per heavy atom. The molecule has 0 radical (unpaired) electrons. The zero-order chi connectivity index (χ0) is 7.82. The van der Waals surface area contributed by atoms with Gasteiger partial charge in [0.15, 0.2) is 0 Å². The van der Waals surface area contributed by atoms with Gasteiger partial charge in [-0.05, 0) is 12.8 Å². The highest BCUT2D eigenvalue weighted by Gasteiger charge is 2.02. The molecule has 60 valence electrons. The van der Waals surface area contributed by atoms with E-state index in [9.17, 15) is 0 Å². The molecule has 0 aliphatic carbocycles. The maximum atomic E-state index is 5.43. The zero-order valence-electron chi connectivity index (χ0n) is 6.68. The molecule has 0 spiro atoms. The van der Waals surface area contributed by atoms with Gasteiger partial charge in [-0.1, -0.05) is 19.9 Å². The van der Waals surface area contributed by atoms with Crippen LogP contribution in [0, 0.1) is 0 Å². The number of unbranched alkanes of at least 4 members (excludes halogenated alkanes) is 1. The molecule has 0 aromatic heterocycles. The van der Waals surface area contributed by atoms with E-state index in [0.29, 0.717) is 6.54 Å². The average molecular weight is 143 g/mol. The maximum Gasteiger partial charge on any atom is 0.110 e. The van der Waals surface area contributed by atoms with E-state index in [2.05, 4.69) is 13.5 Å². The van der Waals surface area contributed by atoms with Gasteiger partial charge in [-0.3, -0.25) is 0 Å². The van der Waals surface area contributed by atoms with Crippen LogP contribution in [0.4, 0.5) is 0 Å². The number of nitrogens with two attached hydrogens (primary N) is 1. The lowest BCUT2D eigenvalue weighted by atomic mass is 10.2. The Hall–Kier alpha value is -0.500. The second-order valence-electron chi connectivity index (χ2n) is 2.30. The normalized spacial score (nSPS) is 12.6. The number of rotatable bonds is 6. The summed E-state index contributed by atoms with van der Waals surface area (Å²) < 4.78 is 5.13. The highest BCUT2D eigenvalue weighted by Crippen LogP contribution is 2.02. The minimum absolute atomic E-state index is 0.178. The summed E-state index contributed by atoms with van der Waals surface area (Å²) >= 11 is 0. The monoisotopic (exact) mass is 143 g/mol. The topological polar surface area (TPSA) is 35.2 Å². The smallest absolute Gasteiger partial charge is 0.110 e. The van der Waals surface area contributed by atoms with Crippen molar-refractivity contribution in [2.24, 2.45) is 5.73 Å². The fourth-order valence-corrected chi connectivity index (χ4v) is 0.809. The molecule has 0 bridgehead atoms. The van der Waals surface area contributed by atoms with E-state index in [1.54, 1.807) is 0 Å². The first kappa shape index (κ1) is 9.50. The average Bonchev–Trinajstić information content (AvgIpc) is 1.98. The van der Waals surface area contributed by atoms with E-state index >= 15 is 0 Å². The quantitative estimate of drug-likeness (QED) is 0.574. The van der Waals surface area contributed by atoms with Gasteiger partial charge in [0, 0.05) is 6.54 Å². The molecule has 0 fully saturated rings. The van der Waals surface area contributed by atoms with Gasteiger partial charge in [0.2, 0.25) is 0 Å². The predicted molar refractivity (Wildman–Crippen MR) is 43.6 cm³/mol. The van der Waals surface area contributed by atoms with Crippen LogP contribution in [0.5, 0.6) is 0 Å². The third-order valence-electron chi connectivity index (χ3n) is 1.43. The van der Waals surface area contributed by atoms with E-state index in [1.165, 1.54) is 19.1 Å². The lowest BCUT2D eigenvalue weighted by Crippen LogP contribution is -2.21. The number of ether oxygens (including phenoxy) is 1. The molecule has 2 N–H and O–H groups in total. The molecule has 0 amide bonds. The van der Waals surface area contributed by atoms with Crippen LogP contribution in [0.2, 0.25) is 0 Å². The Kier molecular flexibility index (Phi) is 6.29. The summed E-state index contributed by atoms with van der Waals surface area (Å²) in [5.74, 6) is 0. The lowest BCUT2D eigenvalue weighted by Gasteiger charge is -2.12. The predicted octanol–water partition coefficient (Wildman–Crippen LogP) is 1.66. The molecule has 0 heterocycles. The molecule has 1 atom stereocenters. The first-order valence-electron chi connectivity index (χ1n) is 3.81. The molecule has 0 aromatic rings. The Balaban J connectivity index is 3.29. The van der Waals surface area contributed by atoms with Crippen LogP contribution >= 0.6 is 0 Å². The van der Waals surface area contributed by atoms with Gasteiger partial charge < -0.3 is 10.5 Å². The van der Waals surface area contributed by atoms with Crippen molar-refractivity contribution >= 4 is 0 Å². The molecule has 0 saturated heterocycles. The van der Waals surface area contributed by atoms with E-state index < -0.39 is 0 Å². The summed E-state index contributed by atoms with van der Waals surface area (Å²) in [6.07, 6.45) is 5.05. The first-order chi connectivity index (χ1) is 4.85. The van der Waals surface area contributed by atoms with Gasteiger partial charge in [-0.25, -0.2) is 0 Å².